The van der Waals surface area contributed by atoms with E-state index >= 15 is 0 Å². The van der Waals surface area contributed by atoms with Gasteiger partial charge in [-0.3, -0.25) is 4.79 Å². The molecule has 0 unspecified atom stereocenters. The minimum atomic E-state index is -1.91. The van der Waals surface area contributed by atoms with Crippen LogP contribution in [0.25, 0.3) is 0 Å². The molecule has 1 aliphatic rings. The van der Waals surface area contributed by atoms with Crippen molar-refractivity contribution in [3.8, 4) is 0 Å². The molecule has 2 heteroatoms. The van der Waals surface area contributed by atoms with Crippen LogP contribution < -0.4 is 10.4 Å². The van der Waals surface area contributed by atoms with E-state index in [9.17, 15) is 4.79 Å². The lowest BCUT2D eigenvalue weighted by atomic mass is 9.85. The number of carbonyl (C=O) groups excluding carboxylic acids is 1. The maximum atomic E-state index is 13.1. The molecule has 1 nitrogen and oxygen atoms in total. The predicted octanol–water partition coefficient (Wildman–Crippen LogP) is 4.65. The van der Waals surface area contributed by atoms with Crippen molar-refractivity contribution >= 4 is 24.2 Å². The number of hydrogen-bond donors (Lipinski definition) is 0. The van der Waals surface area contributed by atoms with Crippen molar-refractivity contribution in [2.75, 3.05) is 0 Å². The van der Waals surface area contributed by atoms with Gasteiger partial charge in [-0.1, -0.05) is 91.0 Å². The van der Waals surface area contributed by atoms with Crippen LogP contribution in [-0.4, -0.2) is 13.9 Å². The quantitative estimate of drug-likeness (QED) is 0.632. The summed E-state index contributed by atoms with van der Waals surface area (Å²) in [6.45, 7) is 18.2. The highest BCUT2D eigenvalue weighted by atomic mass is 28.3. The second kappa shape index (κ2) is 5.41. The van der Waals surface area contributed by atoms with Gasteiger partial charge in [0.05, 0.1) is 0 Å². The summed E-state index contributed by atoms with van der Waals surface area (Å²) in [5.74, 6) is 0.192. The fourth-order valence-electron chi connectivity index (χ4n) is 3.74. The second-order valence-electron chi connectivity index (χ2n) is 9.97. The van der Waals surface area contributed by atoms with Crippen LogP contribution in [0, 0.1) is 0 Å². The molecule has 0 spiro atoms. The molecule has 2 aromatic carbocycles. The van der Waals surface area contributed by atoms with Crippen molar-refractivity contribution in [3.63, 3.8) is 0 Å². The fourth-order valence-corrected chi connectivity index (χ4v) is 6.81. The largest absolute Gasteiger partial charge is 0.289 e. The lowest BCUT2D eigenvalue weighted by Gasteiger charge is -2.35. The van der Waals surface area contributed by atoms with E-state index in [-0.39, 0.29) is 16.6 Å². The minimum absolute atomic E-state index is 0.0933. The average Bonchev–Trinajstić information content (AvgIpc) is 2.50. The Morgan fingerprint density at radius 2 is 1.04 bits per heavy atom. The van der Waals surface area contributed by atoms with Gasteiger partial charge in [-0.05, 0) is 32.3 Å². The van der Waals surface area contributed by atoms with Gasteiger partial charge in [0.15, 0.2) is 5.78 Å². The van der Waals surface area contributed by atoms with E-state index in [0.29, 0.717) is 0 Å². The second-order valence-corrected chi connectivity index (χ2v) is 14.3. The third-order valence-corrected chi connectivity index (χ3v) is 9.13. The first-order chi connectivity index (χ1) is 11.3. The Morgan fingerprint density at radius 3 is 1.36 bits per heavy atom. The van der Waals surface area contributed by atoms with Gasteiger partial charge < -0.3 is 0 Å². The van der Waals surface area contributed by atoms with Gasteiger partial charge in [-0.15, -0.1) is 0 Å². The zero-order valence-electron chi connectivity index (χ0n) is 16.9. The normalized spacial score (nSPS) is 16.4. The highest BCUT2D eigenvalue weighted by molar-refractivity contribution is 7.02. The lowest BCUT2D eigenvalue weighted by Crippen LogP contribution is -2.60. The third-order valence-electron chi connectivity index (χ3n) is 5.61. The van der Waals surface area contributed by atoms with Gasteiger partial charge >= 0.3 is 0 Å². The van der Waals surface area contributed by atoms with Crippen LogP contribution >= 0.6 is 0 Å². The number of hydrogen-bond acceptors (Lipinski definition) is 1. The van der Waals surface area contributed by atoms with Crippen LogP contribution in [0.15, 0.2) is 36.4 Å². The van der Waals surface area contributed by atoms with E-state index < -0.39 is 8.07 Å². The van der Waals surface area contributed by atoms with Crippen LogP contribution in [0.3, 0.4) is 0 Å². The molecule has 0 atom stereocenters. The van der Waals surface area contributed by atoms with Crippen LogP contribution in [0.5, 0.6) is 0 Å². The van der Waals surface area contributed by atoms with Crippen LogP contribution in [0.2, 0.25) is 13.1 Å². The van der Waals surface area contributed by atoms with E-state index in [4.69, 9.17) is 0 Å². The summed E-state index contributed by atoms with van der Waals surface area (Å²) in [4.78, 5) is 13.1. The predicted molar refractivity (Wildman–Crippen MR) is 110 cm³/mol. The van der Waals surface area contributed by atoms with E-state index in [2.05, 4.69) is 91.0 Å². The summed E-state index contributed by atoms with van der Waals surface area (Å²) in [5.41, 5.74) is 4.65. The summed E-state index contributed by atoms with van der Waals surface area (Å²) in [5, 5.41) is 2.59. The summed E-state index contributed by atoms with van der Waals surface area (Å²) in [6, 6.07) is 13.0. The smallest absolute Gasteiger partial charge is 0.192 e. The van der Waals surface area contributed by atoms with Crippen molar-refractivity contribution in [1.82, 2.24) is 0 Å². The van der Waals surface area contributed by atoms with Crippen molar-refractivity contribution < 1.29 is 4.79 Å². The first-order valence-electron chi connectivity index (χ1n) is 9.18. The van der Waals surface area contributed by atoms with Crippen LogP contribution in [0.4, 0.5) is 0 Å². The molecule has 132 valence electrons. The monoisotopic (exact) mass is 350 g/mol. The molecule has 1 aliphatic heterocycles. The number of rotatable bonds is 0. The highest BCUT2D eigenvalue weighted by Crippen LogP contribution is 2.29. The molecular formula is C23H30OSi. The molecule has 2 aromatic rings. The van der Waals surface area contributed by atoms with Gasteiger partial charge in [-0.2, -0.15) is 0 Å². The molecular weight excluding hydrogens is 320 g/mol. The Bertz CT molecular complexity index is 791. The summed E-state index contributed by atoms with van der Waals surface area (Å²) < 4.78 is 0. The summed E-state index contributed by atoms with van der Waals surface area (Å²) >= 11 is 0. The molecule has 0 aliphatic carbocycles. The molecule has 25 heavy (non-hydrogen) atoms. The number of carbonyl (C=O) groups is 1. The zero-order valence-corrected chi connectivity index (χ0v) is 17.9. The third kappa shape index (κ3) is 2.91. The van der Waals surface area contributed by atoms with Gasteiger partial charge in [0.1, 0.15) is 8.07 Å². The molecule has 0 amide bonds. The SMILES string of the molecule is CC(C)(C)c1ccc2c(c1)[Si](C)(C)c1cc(C(C)(C)C)ccc1C2=O. The highest BCUT2D eigenvalue weighted by Gasteiger charge is 2.39. The molecule has 0 bridgehead atoms. The van der Waals surface area contributed by atoms with E-state index in [1.807, 2.05) is 0 Å². The first kappa shape index (κ1) is 18.1. The molecule has 3 rings (SSSR count). The lowest BCUT2D eigenvalue weighted by molar-refractivity contribution is 0.104. The van der Waals surface area contributed by atoms with E-state index in [1.165, 1.54) is 21.5 Å². The maximum Gasteiger partial charge on any atom is 0.192 e. The standard InChI is InChI=1S/C23H30OSi/c1-22(2,3)15-9-11-17-19(13-15)25(7,8)20-14-16(23(4,5)6)10-12-18(20)21(17)24/h9-14H,1-8H3. The molecule has 0 N–H and O–H groups in total. The van der Waals surface area contributed by atoms with Crippen molar-refractivity contribution in [3.05, 3.63) is 58.7 Å². The Hall–Kier alpha value is -1.67. The van der Waals surface area contributed by atoms with Crippen molar-refractivity contribution in [2.45, 2.75) is 65.5 Å². The Labute approximate surface area is 153 Å². The van der Waals surface area contributed by atoms with E-state index in [1.54, 1.807) is 0 Å². The van der Waals surface area contributed by atoms with Crippen molar-refractivity contribution in [2.24, 2.45) is 0 Å². The first-order valence-corrected chi connectivity index (χ1v) is 12.2. The van der Waals surface area contributed by atoms with Crippen LogP contribution in [0.1, 0.15) is 68.6 Å². The Balaban J connectivity index is 2.26. The fraction of sp³-hybridized carbons (Fsp3) is 0.435. The molecule has 0 aromatic heterocycles. The molecule has 0 saturated heterocycles. The molecule has 1 heterocycles. The van der Waals surface area contributed by atoms with Gasteiger partial charge in [0.2, 0.25) is 0 Å². The van der Waals surface area contributed by atoms with Gasteiger partial charge in [0, 0.05) is 11.1 Å². The number of fused-ring (bicyclic) bond motifs is 2. The molecule has 0 saturated carbocycles. The number of ketones is 1. The van der Waals surface area contributed by atoms with Gasteiger partial charge in [0.25, 0.3) is 0 Å². The Morgan fingerprint density at radius 1 is 0.680 bits per heavy atom. The summed E-state index contributed by atoms with van der Waals surface area (Å²) in [7, 11) is -1.91. The van der Waals surface area contributed by atoms with Crippen molar-refractivity contribution in [1.29, 1.82) is 0 Å². The molecule has 0 radical (unpaired) electrons. The summed E-state index contributed by atoms with van der Waals surface area (Å²) in [6.07, 6.45) is 0. The Kier molecular flexibility index (Phi) is 3.92. The average molecular weight is 351 g/mol. The maximum absolute atomic E-state index is 13.1. The van der Waals surface area contributed by atoms with Crippen LogP contribution in [-0.2, 0) is 10.8 Å². The number of benzene rings is 2. The van der Waals surface area contributed by atoms with E-state index in [0.717, 1.165) is 11.1 Å². The van der Waals surface area contributed by atoms with Gasteiger partial charge in [-0.25, -0.2) is 0 Å². The zero-order chi connectivity index (χ0) is 18.8. The topological polar surface area (TPSA) is 17.1 Å². The molecule has 0 fully saturated rings. The minimum Gasteiger partial charge on any atom is -0.289 e.